The van der Waals surface area contributed by atoms with Crippen molar-refractivity contribution < 1.29 is 9.90 Å². The Morgan fingerprint density at radius 2 is 1.95 bits per heavy atom. The Morgan fingerprint density at radius 3 is 2.71 bits per heavy atom. The van der Waals surface area contributed by atoms with Gasteiger partial charge in [0.2, 0.25) is 0 Å². The summed E-state index contributed by atoms with van der Waals surface area (Å²) in [5, 5.41) is 12.6. The van der Waals surface area contributed by atoms with E-state index in [0.29, 0.717) is 17.2 Å². The lowest BCUT2D eigenvalue weighted by Crippen LogP contribution is -2.27. The standard InChI is InChI=1S/C16H17N3O2/c20-16(21)13-4-2-1-3-12(13)15-10-18-9-14(19-15)11-5-7-17-8-6-11/h1-4,9-11,17H,5-8H2,(H,20,21). The number of aromatic nitrogens is 2. The van der Waals surface area contributed by atoms with E-state index in [0.717, 1.165) is 31.6 Å². The Kier molecular flexibility index (Phi) is 3.92. The minimum atomic E-state index is -0.945. The van der Waals surface area contributed by atoms with Gasteiger partial charge in [-0.1, -0.05) is 18.2 Å². The molecule has 3 rings (SSSR count). The monoisotopic (exact) mass is 283 g/mol. The minimum Gasteiger partial charge on any atom is -0.478 e. The number of nitrogens with one attached hydrogen (secondary N) is 1. The van der Waals surface area contributed by atoms with Crippen molar-refractivity contribution in [3.8, 4) is 11.3 Å². The maximum atomic E-state index is 11.3. The summed E-state index contributed by atoms with van der Waals surface area (Å²) in [7, 11) is 0. The van der Waals surface area contributed by atoms with E-state index in [4.69, 9.17) is 0 Å². The van der Waals surface area contributed by atoms with Crippen molar-refractivity contribution >= 4 is 5.97 Å². The van der Waals surface area contributed by atoms with Gasteiger partial charge < -0.3 is 10.4 Å². The van der Waals surface area contributed by atoms with Crippen LogP contribution in [0.2, 0.25) is 0 Å². The van der Waals surface area contributed by atoms with Gasteiger partial charge in [-0.3, -0.25) is 4.98 Å². The highest BCUT2D eigenvalue weighted by atomic mass is 16.4. The molecule has 0 unspecified atom stereocenters. The lowest BCUT2D eigenvalue weighted by atomic mass is 9.94. The van der Waals surface area contributed by atoms with Gasteiger partial charge in [-0.05, 0) is 32.0 Å². The van der Waals surface area contributed by atoms with E-state index in [1.54, 1.807) is 30.6 Å². The first-order chi connectivity index (χ1) is 10.3. The number of carboxylic acids is 1. The van der Waals surface area contributed by atoms with Crippen LogP contribution in [0.3, 0.4) is 0 Å². The summed E-state index contributed by atoms with van der Waals surface area (Å²) in [4.78, 5) is 20.2. The molecular weight excluding hydrogens is 266 g/mol. The molecule has 0 radical (unpaired) electrons. The van der Waals surface area contributed by atoms with Crippen molar-refractivity contribution in [2.45, 2.75) is 18.8 Å². The number of piperidine rings is 1. The molecule has 1 aliphatic rings. The molecule has 5 heteroatoms. The molecule has 1 saturated heterocycles. The fraction of sp³-hybridized carbons (Fsp3) is 0.312. The van der Waals surface area contributed by atoms with Crippen molar-refractivity contribution in [1.82, 2.24) is 15.3 Å². The quantitative estimate of drug-likeness (QED) is 0.904. The average Bonchev–Trinajstić information content (AvgIpc) is 2.56. The van der Waals surface area contributed by atoms with E-state index in [1.807, 2.05) is 6.07 Å². The molecule has 2 heterocycles. The van der Waals surface area contributed by atoms with Gasteiger partial charge >= 0.3 is 5.97 Å². The first-order valence-corrected chi connectivity index (χ1v) is 7.11. The highest BCUT2D eigenvalue weighted by Crippen LogP contribution is 2.26. The summed E-state index contributed by atoms with van der Waals surface area (Å²) in [5.74, 6) is -0.546. The molecule has 0 saturated carbocycles. The molecule has 108 valence electrons. The molecule has 5 nitrogen and oxygen atoms in total. The minimum absolute atomic E-state index is 0.259. The molecular formula is C16H17N3O2. The van der Waals surface area contributed by atoms with Crippen molar-refractivity contribution in [3.63, 3.8) is 0 Å². The molecule has 2 N–H and O–H groups in total. The summed E-state index contributed by atoms with van der Waals surface area (Å²) in [6.07, 6.45) is 5.51. The lowest BCUT2D eigenvalue weighted by molar-refractivity contribution is 0.0697. The highest BCUT2D eigenvalue weighted by molar-refractivity contribution is 5.95. The molecule has 1 aromatic heterocycles. The van der Waals surface area contributed by atoms with Gasteiger partial charge in [0, 0.05) is 17.7 Å². The van der Waals surface area contributed by atoms with Crippen molar-refractivity contribution in [1.29, 1.82) is 0 Å². The Labute approximate surface area is 123 Å². The van der Waals surface area contributed by atoms with Crippen LogP contribution in [0.25, 0.3) is 11.3 Å². The Hall–Kier alpha value is -2.27. The molecule has 21 heavy (non-hydrogen) atoms. The van der Waals surface area contributed by atoms with Crippen LogP contribution in [0.15, 0.2) is 36.7 Å². The number of rotatable bonds is 3. The number of benzene rings is 1. The summed E-state index contributed by atoms with van der Waals surface area (Å²) >= 11 is 0. The number of nitrogens with zero attached hydrogens (tertiary/aromatic N) is 2. The normalized spacial score (nSPS) is 15.8. The van der Waals surface area contributed by atoms with Crippen molar-refractivity contribution in [2.24, 2.45) is 0 Å². The zero-order valence-corrected chi connectivity index (χ0v) is 11.6. The fourth-order valence-corrected chi connectivity index (χ4v) is 2.72. The number of hydrogen-bond donors (Lipinski definition) is 2. The van der Waals surface area contributed by atoms with Gasteiger partial charge in [0.15, 0.2) is 0 Å². The Bertz CT molecular complexity index is 651. The largest absolute Gasteiger partial charge is 0.478 e. The maximum absolute atomic E-state index is 11.3. The summed E-state index contributed by atoms with van der Waals surface area (Å²) in [6.45, 7) is 1.98. The molecule has 0 atom stereocenters. The van der Waals surface area contributed by atoms with Crippen LogP contribution in [0, 0.1) is 0 Å². The predicted molar refractivity (Wildman–Crippen MR) is 79.3 cm³/mol. The second-order valence-corrected chi connectivity index (χ2v) is 5.20. The van der Waals surface area contributed by atoms with Crippen molar-refractivity contribution in [2.75, 3.05) is 13.1 Å². The molecule has 0 bridgehead atoms. The third-order valence-corrected chi connectivity index (χ3v) is 3.84. The van der Waals surface area contributed by atoms with Gasteiger partial charge in [0.05, 0.1) is 23.1 Å². The first-order valence-electron chi connectivity index (χ1n) is 7.11. The van der Waals surface area contributed by atoms with E-state index in [-0.39, 0.29) is 5.56 Å². The Morgan fingerprint density at radius 1 is 1.19 bits per heavy atom. The van der Waals surface area contributed by atoms with Gasteiger partial charge in [-0.25, -0.2) is 9.78 Å². The summed E-state index contributed by atoms with van der Waals surface area (Å²) < 4.78 is 0. The van der Waals surface area contributed by atoms with E-state index >= 15 is 0 Å². The molecule has 0 aliphatic carbocycles. The summed E-state index contributed by atoms with van der Waals surface area (Å²) in [5.41, 5.74) is 2.46. The third-order valence-electron chi connectivity index (χ3n) is 3.84. The van der Waals surface area contributed by atoms with Crippen LogP contribution in [0.1, 0.15) is 34.8 Å². The molecule has 2 aromatic rings. The number of carboxylic acid groups (broad SMARTS) is 1. The van der Waals surface area contributed by atoms with Crippen LogP contribution in [0.4, 0.5) is 0 Å². The zero-order valence-electron chi connectivity index (χ0n) is 11.6. The topological polar surface area (TPSA) is 75.1 Å². The van der Waals surface area contributed by atoms with E-state index in [1.165, 1.54) is 0 Å². The van der Waals surface area contributed by atoms with Crippen LogP contribution in [-0.2, 0) is 0 Å². The summed E-state index contributed by atoms with van der Waals surface area (Å²) in [6, 6.07) is 6.91. The second kappa shape index (κ2) is 6.01. The van der Waals surface area contributed by atoms with Gasteiger partial charge in [-0.2, -0.15) is 0 Å². The Balaban J connectivity index is 1.98. The lowest BCUT2D eigenvalue weighted by Gasteiger charge is -2.22. The molecule has 1 aromatic carbocycles. The van der Waals surface area contributed by atoms with E-state index < -0.39 is 5.97 Å². The predicted octanol–water partition coefficient (Wildman–Crippen LogP) is 2.31. The third kappa shape index (κ3) is 2.92. The van der Waals surface area contributed by atoms with Crippen LogP contribution >= 0.6 is 0 Å². The molecule has 1 aliphatic heterocycles. The average molecular weight is 283 g/mol. The van der Waals surface area contributed by atoms with E-state index in [9.17, 15) is 9.90 Å². The first kappa shape index (κ1) is 13.7. The SMILES string of the molecule is O=C(O)c1ccccc1-c1cncc(C2CCNCC2)n1. The highest BCUT2D eigenvalue weighted by Gasteiger charge is 2.18. The zero-order chi connectivity index (χ0) is 14.7. The van der Waals surface area contributed by atoms with Crippen LogP contribution in [0.5, 0.6) is 0 Å². The van der Waals surface area contributed by atoms with Gasteiger partial charge in [0.25, 0.3) is 0 Å². The maximum Gasteiger partial charge on any atom is 0.336 e. The fourth-order valence-electron chi connectivity index (χ4n) is 2.72. The smallest absolute Gasteiger partial charge is 0.336 e. The van der Waals surface area contributed by atoms with E-state index in [2.05, 4.69) is 15.3 Å². The van der Waals surface area contributed by atoms with Gasteiger partial charge in [0.1, 0.15) is 0 Å². The van der Waals surface area contributed by atoms with Crippen LogP contribution < -0.4 is 5.32 Å². The second-order valence-electron chi connectivity index (χ2n) is 5.20. The number of hydrogen-bond acceptors (Lipinski definition) is 4. The molecule has 1 fully saturated rings. The molecule has 0 spiro atoms. The number of carbonyl (C=O) groups is 1. The van der Waals surface area contributed by atoms with Crippen LogP contribution in [-0.4, -0.2) is 34.1 Å². The van der Waals surface area contributed by atoms with Gasteiger partial charge in [-0.15, -0.1) is 0 Å². The number of aromatic carboxylic acids is 1. The van der Waals surface area contributed by atoms with Crippen molar-refractivity contribution in [3.05, 3.63) is 47.9 Å². The molecule has 0 amide bonds.